The number of hydrogen-bond donors (Lipinski definition) is 1. The van der Waals surface area contributed by atoms with Gasteiger partial charge < -0.3 is 9.47 Å². The molecule has 1 aliphatic heterocycles. The molecule has 1 aromatic heterocycles. The number of hydrogen-bond acceptors (Lipinski definition) is 3. The molecule has 1 saturated heterocycles. The lowest BCUT2D eigenvalue weighted by Crippen LogP contribution is -2.29. The normalized spacial score (nSPS) is 17.9. The van der Waals surface area contributed by atoms with Gasteiger partial charge >= 0.3 is 0 Å². The van der Waals surface area contributed by atoms with Crippen LogP contribution in [0.25, 0.3) is 10.9 Å². The molecule has 0 bridgehead atoms. The van der Waals surface area contributed by atoms with E-state index in [0.29, 0.717) is 12.3 Å². The Morgan fingerprint density at radius 1 is 1.22 bits per heavy atom. The summed E-state index contributed by atoms with van der Waals surface area (Å²) in [7, 11) is 0.828. The predicted octanol–water partition coefficient (Wildman–Crippen LogP) is 1.82. The van der Waals surface area contributed by atoms with Crippen molar-refractivity contribution >= 4 is 20.9 Å². The van der Waals surface area contributed by atoms with Crippen LogP contribution in [-0.4, -0.2) is 43.8 Å². The number of fused-ring (bicyclic) bond motifs is 1. The van der Waals surface area contributed by atoms with Crippen molar-refractivity contribution in [2.75, 3.05) is 25.9 Å². The Labute approximate surface area is 138 Å². The van der Waals surface area contributed by atoms with Crippen LogP contribution in [0.1, 0.15) is 29.9 Å². The minimum absolute atomic E-state index is 0.00506. The summed E-state index contributed by atoms with van der Waals surface area (Å²) >= 11 is 0. The third-order valence-electron chi connectivity index (χ3n) is 4.92. The highest BCUT2D eigenvalue weighted by molar-refractivity contribution is 7.89. The summed E-state index contributed by atoms with van der Waals surface area (Å²) in [5.74, 6) is 0.581. The quantitative estimate of drug-likeness (QED) is 0.927. The number of piperidine rings is 1. The summed E-state index contributed by atoms with van der Waals surface area (Å²) in [6.07, 6.45) is 5.06. The fourth-order valence-corrected chi connectivity index (χ4v) is 4.05. The van der Waals surface area contributed by atoms with Crippen molar-refractivity contribution in [3.63, 3.8) is 0 Å². The first kappa shape index (κ1) is 16.5. The molecule has 2 aromatic rings. The fraction of sp³-hybridized carbons (Fsp3) is 0.529. The second-order valence-corrected chi connectivity index (χ2v) is 8.48. The molecule has 2 N–H and O–H groups in total. The third-order valence-corrected chi connectivity index (χ3v) is 5.69. The Morgan fingerprint density at radius 3 is 2.57 bits per heavy atom. The zero-order chi connectivity index (χ0) is 16.6. The van der Waals surface area contributed by atoms with E-state index in [1.807, 2.05) is 6.07 Å². The van der Waals surface area contributed by atoms with Gasteiger partial charge in [0.15, 0.2) is 0 Å². The van der Waals surface area contributed by atoms with Crippen LogP contribution in [0.3, 0.4) is 0 Å². The first-order valence-corrected chi connectivity index (χ1v) is 9.82. The van der Waals surface area contributed by atoms with E-state index in [1.54, 1.807) is 0 Å². The van der Waals surface area contributed by atoms with Crippen molar-refractivity contribution in [1.29, 1.82) is 0 Å². The van der Waals surface area contributed by atoms with Gasteiger partial charge in [-0.15, -0.1) is 0 Å². The average Bonchev–Trinajstić information content (AvgIpc) is 2.82. The number of aryl methyl sites for hydroxylation is 2. The zero-order valence-electron chi connectivity index (χ0n) is 13.8. The molecule has 0 radical (unpaired) electrons. The van der Waals surface area contributed by atoms with Gasteiger partial charge in [0.05, 0.1) is 5.75 Å². The summed E-state index contributed by atoms with van der Waals surface area (Å²) in [4.78, 5) is 2.37. The molecule has 1 aliphatic rings. The van der Waals surface area contributed by atoms with Gasteiger partial charge in [0, 0.05) is 24.1 Å². The van der Waals surface area contributed by atoms with Crippen LogP contribution in [0.4, 0.5) is 0 Å². The minimum atomic E-state index is -3.42. The van der Waals surface area contributed by atoms with Gasteiger partial charge in [-0.3, -0.25) is 0 Å². The molecule has 23 heavy (non-hydrogen) atoms. The van der Waals surface area contributed by atoms with Crippen molar-refractivity contribution in [1.82, 2.24) is 9.47 Å². The van der Waals surface area contributed by atoms with Crippen LogP contribution >= 0.6 is 0 Å². The maximum Gasteiger partial charge on any atom is 0.209 e. The summed E-state index contributed by atoms with van der Waals surface area (Å²) in [5.41, 5.74) is 3.64. The van der Waals surface area contributed by atoms with Crippen LogP contribution in [0.15, 0.2) is 24.4 Å². The Hall–Kier alpha value is -1.37. The Kier molecular flexibility index (Phi) is 4.49. The van der Waals surface area contributed by atoms with Gasteiger partial charge in [-0.2, -0.15) is 0 Å². The smallest absolute Gasteiger partial charge is 0.209 e. The van der Waals surface area contributed by atoms with E-state index in [0.717, 1.165) is 18.7 Å². The van der Waals surface area contributed by atoms with Gasteiger partial charge in [-0.25, -0.2) is 13.6 Å². The molecule has 0 unspecified atom stereocenters. The van der Waals surface area contributed by atoms with Crippen molar-refractivity contribution < 1.29 is 8.42 Å². The number of aromatic nitrogens is 1. The molecule has 1 aromatic carbocycles. The van der Waals surface area contributed by atoms with Gasteiger partial charge in [-0.05, 0) is 68.6 Å². The summed E-state index contributed by atoms with van der Waals surface area (Å²) in [6, 6.07) is 6.24. The van der Waals surface area contributed by atoms with Crippen molar-refractivity contribution in [2.24, 2.45) is 12.2 Å². The minimum Gasteiger partial charge on any atom is -0.350 e. The molecule has 1 fully saturated rings. The number of nitrogens with two attached hydrogens (primary N) is 1. The van der Waals surface area contributed by atoms with Crippen LogP contribution in [0, 0.1) is 0 Å². The molecule has 0 saturated carbocycles. The standard InChI is InChI=1S/C17H25N3O2S/c1-19-8-5-14(6-9-19)16-12-20(2)17-4-3-13(11-15(16)17)7-10-23(18,21)22/h3-4,11-12,14H,5-10H2,1-2H3,(H2,18,21,22). The van der Waals surface area contributed by atoms with E-state index >= 15 is 0 Å². The van der Waals surface area contributed by atoms with Crippen molar-refractivity contribution in [2.45, 2.75) is 25.2 Å². The third kappa shape index (κ3) is 3.76. The van der Waals surface area contributed by atoms with E-state index in [4.69, 9.17) is 5.14 Å². The molecule has 126 valence electrons. The number of sulfonamides is 1. The Bertz CT molecular complexity index is 803. The first-order valence-electron chi connectivity index (χ1n) is 8.10. The number of likely N-dealkylation sites (tertiary alicyclic amines) is 1. The van der Waals surface area contributed by atoms with E-state index in [9.17, 15) is 8.42 Å². The van der Waals surface area contributed by atoms with E-state index in [-0.39, 0.29) is 5.75 Å². The highest BCUT2D eigenvalue weighted by Crippen LogP contribution is 2.34. The molecular weight excluding hydrogens is 310 g/mol. The number of nitrogens with zero attached hydrogens (tertiary/aromatic N) is 2. The molecule has 0 aliphatic carbocycles. The molecule has 5 nitrogen and oxygen atoms in total. The fourth-order valence-electron chi connectivity index (χ4n) is 3.53. The maximum absolute atomic E-state index is 11.2. The van der Waals surface area contributed by atoms with Crippen LogP contribution in [0.2, 0.25) is 0 Å². The molecular formula is C17H25N3O2S. The van der Waals surface area contributed by atoms with Crippen LogP contribution in [-0.2, 0) is 23.5 Å². The van der Waals surface area contributed by atoms with E-state index in [1.165, 1.54) is 29.3 Å². The number of benzene rings is 1. The first-order chi connectivity index (χ1) is 10.8. The molecule has 0 atom stereocenters. The highest BCUT2D eigenvalue weighted by Gasteiger charge is 2.22. The molecule has 0 amide bonds. The lowest BCUT2D eigenvalue weighted by atomic mass is 9.89. The van der Waals surface area contributed by atoms with Crippen molar-refractivity contribution in [3.05, 3.63) is 35.5 Å². The highest BCUT2D eigenvalue weighted by atomic mass is 32.2. The van der Waals surface area contributed by atoms with Gasteiger partial charge in [0.1, 0.15) is 0 Å². The molecule has 0 spiro atoms. The second-order valence-electron chi connectivity index (χ2n) is 6.74. The monoisotopic (exact) mass is 335 g/mol. The SMILES string of the molecule is CN1CCC(c2cn(C)c3ccc(CCS(N)(=O)=O)cc23)CC1. The molecule has 3 rings (SSSR count). The topological polar surface area (TPSA) is 68.3 Å². The summed E-state index contributed by atoms with van der Waals surface area (Å²) < 4.78 is 24.5. The molecule has 2 heterocycles. The summed E-state index contributed by atoms with van der Waals surface area (Å²) in [5, 5.41) is 6.38. The van der Waals surface area contributed by atoms with Crippen LogP contribution in [0.5, 0.6) is 0 Å². The number of primary sulfonamides is 1. The molecule has 6 heteroatoms. The van der Waals surface area contributed by atoms with Gasteiger partial charge in [0.25, 0.3) is 0 Å². The average molecular weight is 335 g/mol. The predicted molar refractivity (Wildman–Crippen MR) is 94.1 cm³/mol. The summed E-state index contributed by atoms with van der Waals surface area (Å²) in [6.45, 7) is 2.26. The van der Waals surface area contributed by atoms with Gasteiger partial charge in [0.2, 0.25) is 10.0 Å². The van der Waals surface area contributed by atoms with Gasteiger partial charge in [-0.1, -0.05) is 6.07 Å². The van der Waals surface area contributed by atoms with Crippen molar-refractivity contribution in [3.8, 4) is 0 Å². The van der Waals surface area contributed by atoms with E-state index in [2.05, 4.69) is 41.9 Å². The van der Waals surface area contributed by atoms with E-state index < -0.39 is 10.0 Å². The Balaban J connectivity index is 1.92. The largest absolute Gasteiger partial charge is 0.350 e. The number of rotatable bonds is 4. The van der Waals surface area contributed by atoms with Crippen LogP contribution < -0.4 is 5.14 Å². The lowest BCUT2D eigenvalue weighted by Gasteiger charge is -2.28. The lowest BCUT2D eigenvalue weighted by molar-refractivity contribution is 0.256. The Morgan fingerprint density at radius 2 is 1.91 bits per heavy atom. The maximum atomic E-state index is 11.2. The zero-order valence-corrected chi connectivity index (χ0v) is 14.6. The second kappa shape index (κ2) is 6.26.